The Balaban J connectivity index is 1.95. The second kappa shape index (κ2) is 5.66. The minimum Gasteiger partial charge on any atom is -0.460 e. The van der Waals surface area contributed by atoms with Crippen molar-refractivity contribution < 1.29 is 9.15 Å². The van der Waals surface area contributed by atoms with Gasteiger partial charge in [0.15, 0.2) is 0 Å². The van der Waals surface area contributed by atoms with Crippen molar-refractivity contribution in [2.45, 2.75) is 12.8 Å². The number of nitrogens with zero attached hydrogens (tertiary/aromatic N) is 4. The minimum atomic E-state index is -0.560. The molecule has 0 spiro atoms. The van der Waals surface area contributed by atoms with Gasteiger partial charge in [0, 0.05) is 18.4 Å². The predicted octanol–water partition coefficient (Wildman–Crippen LogP) is 2.41. The molecule has 1 saturated heterocycles. The van der Waals surface area contributed by atoms with Crippen LogP contribution in [0.5, 0.6) is 0 Å². The van der Waals surface area contributed by atoms with Crippen LogP contribution in [0.2, 0.25) is 0 Å². The van der Waals surface area contributed by atoms with Gasteiger partial charge in [-0.2, -0.15) is 10.5 Å². The standard InChI is InChI=1S/C18H15N5O2/c1-10-12(7-19)17(13(8-20)14-9-24-5-4-23(10)14)16-6-11-15(25-16)2-3-22-18(11)21/h2-3,6,17H,4-5,9H2,1H3,(H2,21,22)/t17-/m1/s1. The maximum absolute atomic E-state index is 9.79. The van der Waals surface area contributed by atoms with Crippen LogP contribution < -0.4 is 5.73 Å². The molecule has 0 radical (unpaired) electrons. The second-order valence-electron chi connectivity index (χ2n) is 5.98. The highest BCUT2D eigenvalue weighted by atomic mass is 16.5. The third-order valence-electron chi connectivity index (χ3n) is 4.73. The first-order chi connectivity index (χ1) is 12.2. The van der Waals surface area contributed by atoms with Crippen LogP contribution in [0, 0.1) is 22.7 Å². The van der Waals surface area contributed by atoms with Crippen LogP contribution >= 0.6 is 0 Å². The first kappa shape index (κ1) is 15.3. The molecule has 4 rings (SSSR count). The Morgan fingerprint density at radius 3 is 2.84 bits per heavy atom. The number of nitriles is 2. The summed E-state index contributed by atoms with van der Waals surface area (Å²) in [7, 11) is 0. The molecule has 7 heteroatoms. The molecule has 7 nitrogen and oxygen atoms in total. The quantitative estimate of drug-likeness (QED) is 0.852. The number of pyridine rings is 1. The molecular formula is C18H15N5O2. The molecule has 2 aromatic rings. The van der Waals surface area contributed by atoms with E-state index in [0.29, 0.717) is 53.5 Å². The normalized spacial score (nSPS) is 20.4. The van der Waals surface area contributed by atoms with Crippen molar-refractivity contribution in [3.05, 3.63) is 46.6 Å². The predicted molar refractivity (Wildman–Crippen MR) is 89.6 cm³/mol. The lowest BCUT2D eigenvalue weighted by atomic mass is 9.83. The molecule has 0 bridgehead atoms. The average Bonchev–Trinajstić information content (AvgIpc) is 3.07. The zero-order valence-electron chi connectivity index (χ0n) is 13.6. The molecule has 2 N–H and O–H groups in total. The molecule has 0 saturated carbocycles. The van der Waals surface area contributed by atoms with Crippen molar-refractivity contribution in [2.24, 2.45) is 0 Å². The van der Waals surface area contributed by atoms with Gasteiger partial charge in [-0.1, -0.05) is 0 Å². The number of morpholine rings is 1. The molecule has 2 aliphatic heterocycles. The molecule has 0 amide bonds. The number of rotatable bonds is 1. The van der Waals surface area contributed by atoms with Crippen molar-refractivity contribution in [1.82, 2.24) is 9.88 Å². The Labute approximate surface area is 144 Å². The number of hydrogen-bond acceptors (Lipinski definition) is 7. The summed E-state index contributed by atoms with van der Waals surface area (Å²) in [6.07, 6.45) is 1.57. The van der Waals surface area contributed by atoms with Crippen LogP contribution in [0.1, 0.15) is 18.6 Å². The first-order valence-electron chi connectivity index (χ1n) is 7.89. The zero-order chi connectivity index (χ0) is 17.6. The minimum absolute atomic E-state index is 0.347. The Bertz CT molecular complexity index is 1020. The van der Waals surface area contributed by atoms with Gasteiger partial charge in [0.05, 0.1) is 53.5 Å². The van der Waals surface area contributed by atoms with E-state index in [4.69, 9.17) is 14.9 Å². The number of aromatic nitrogens is 1. The van der Waals surface area contributed by atoms with Crippen molar-refractivity contribution >= 4 is 16.8 Å². The van der Waals surface area contributed by atoms with Gasteiger partial charge in [-0.25, -0.2) is 4.98 Å². The smallest absolute Gasteiger partial charge is 0.139 e. The van der Waals surface area contributed by atoms with Crippen LogP contribution in [0.4, 0.5) is 5.82 Å². The van der Waals surface area contributed by atoms with Gasteiger partial charge in [-0.3, -0.25) is 0 Å². The van der Waals surface area contributed by atoms with Crippen LogP contribution in [-0.4, -0.2) is 29.6 Å². The maximum Gasteiger partial charge on any atom is 0.139 e. The van der Waals surface area contributed by atoms with E-state index in [9.17, 15) is 10.5 Å². The number of hydrogen-bond donors (Lipinski definition) is 1. The molecule has 2 aromatic heterocycles. The number of nitrogen functional groups attached to an aromatic ring is 1. The van der Waals surface area contributed by atoms with Gasteiger partial charge in [-0.05, 0) is 19.1 Å². The lowest BCUT2D eigenvalue weighted by Gasteiger charge is -2.38. The monoisotopic (exact) mass is 333 g/mol. The van der Waals surface area contributed by atoms with Gasteiger partial charge < -0.3 is 19.8 Å². The van der Waals surface area contributed by atoms with Crippen molar-refractivity contribution in [1.29, 1.82) is 10.5 Å². The van der Waals surface area contributed by atoms with E-state index in [2.05, 4.69) is 17.1 Å². The molecule has 124 valence electrons. The lowest BCUT2D eigenvalue weighted by molar-refractivity contribution is 0.0834. The third-order valence-corrected chi connectivity index (χ3v) is 4.73. The van der Waals surface area contributed by atoms with Gasteiger partial charge in [0.2, 0.25) is 0 Å². The highest BCUT2D eigenvalue weighted by Crippen LogP contribution is 2.43. The van der Waals surface area contributed by atoms with E-state index >= 15 is 0 Å². The molecule has 4 heterocycles. The molecule has 25 heavy (non-hydrogen) atoms. The lowest BCUT2D eigenvalue weighted by Crippen LogP contribution is -2.38. The molecule has 0 aromatic carbocycles. The summed E-state index contributed by atoms with van der Waals surface area (Å²) in [5, 5.41) is 20.2. The molecule has 0 unspecified atom stereocenters. The van der Waals surface area contributed by atoms with Gasteiger partial charge in [0.25, 0.3) is 0 Å². The molecule has 2 aliphatic rings. The number of ether oxygens (including phenoxy) is 1. The zero-order valence-corrected chi connectivity index (χ0v) is 13.6. The SMILES string of the molecule is CC1=C(C#N)[C@@H](c2cc3c(N)nccc3o2)C(C#N)=C2COCCN12. The van der Waals surface area contributed by atoms with E-state index in [1.807, 2.05) is 11.8 Å². The summed E-state index contributed by atoms with van der Waals surface area (Å²) in [4.78, 5) is 6.06. The summed E-state index contributed by atoms with van der Waals surface area (Å²) in [5.74, 6) is 0.311. The van der Waals surface area contributed by atoms with Gasteiger partial charge in [-0.15, -0.1) is 0 Å². The highest BCUT2D eigenvalue weighted by Gasteiger charge is 2.37. The van der Waals surface area contributed by atoms with Crippen molar-refractivity contribution in [3.63, 3.8) is 0 Å². The Morgan fingerprint density at radius 1 is 1.32 bits per heavy atom. The van der Waals surface area contributed by atoms with E-state index in [1.54, 1.807) is 18.3 Å². The molecule has 0 aliphatic carbocycles. The summed E-state index contributed by atoms with van der Waals surface area (Å²) < 4.78 is 11.5. The fraction of sp³-hybridized carbons (Fsp3) is 0.278. The van der Waals surface area contributed by atoms with Crippen LogP contribution in [-0.2, 0) is 4.74 Å². The Morgan fingerprint density at radius 2 is 2.12 bits per heavy atom. The molecular weight excluding hydrogens is 318 g/mol. The highest BCUT2D eigenvalue weighted by molar-refractivity contribution is 5.87. The van der Waals surface area contributed by atoms with Crippen LogP contribution in [0.15, 0.2) is 45.3 Å². The Hall–Kier alpha value is -3.29. The van der Waals surface area contributed by atoms with Crippen molar-refractivity contribution in [3.8, 4) is 12.1 Å². The number of nitrogens with two attached hydrogens (primary N) is 1. The topological polar surface area (TPSA) is 112 Å². The van der Waals surface area contributed by atoms with Gasteiger partial charge in [0.1, 0.15) is 17.2 Å². The fourth-order valence-corrected chi connectivity index (χ4v) is 3.50. The number of anilines is 1. The summed E-state index contributed by atoms with van der Waals surface area (Å²) in [6, 6.07) is 8.01. The van der Waals surface area contributed by atoms with Gasteiger partial charge >= 0.3 is 0 Å². The second-order valence-corrected chi connectivity index (χ2v) is 5.98. The largest absolute Gasteiger partial charge is 0.460 e. The van der Waals surface area contributed by atoms with Crippen molar-refractivity contribution in [2.75, 3.05) is 25.5 Å². The van der Waals surface area contributed by atoms with E-state index in [-0.39, 0.29) is 0 Å². The van der Waals surface area contributed by atoms with Crippen LogP contribution in [0.25, 0.3) is 11.0 Å². The molecule has 1 fully saturated rings. The summed E-state index contributed by atoms with van der Waals surface area (Å²) >= 11 is 0. The number of fused-ring (bicyclic) bond motifs is 2. The van der Waals surface area contributed by atoms with Crippen LogP contribution in [0.3, 0.4) is 0 Å². The summed E-state index contributed by atoms with van der Waals surface area (Å²) in [6.45, 7) is 3.43. The van der Waals surface area contributed by atoms with E-state index in [1.165, 1.54) is 0 Å². The number of allylic oxidation sites excluding steroid dienone is 3. The maximum atomic E-state index is 9.79. The fourth-order valence-electron chi connectivity index (χ4n) is 3.50. The van der Waals surface area contributed by atoms with E-state index in [0.717, 1.165) is 11.4 Å². The third kappa shape index (κ3) is 2.18. The number of furan rings is 1. The summed E-state index contributed by atoms with van der Waals surface area (Å²) in [5.41, 5.74) is 9.11. The first-order valence-corrected chi connectivity index (χ1v) is 7.89. The molecule has 1 atom stereocenters. The average molecular weight is 333 g/mol. The van der Waals surface area contributed by atoms with E-state index < -0.39 is 5.92 Å². The Kier molecular flexibility index (Phi) is 3.45.